The van der Waals surface area contributed by atoms with Crippen molar-refractivity contribution in [1.82, 2.24) is 0 Å². The van der Waals surface area contributed by atoms with Crippen LogP contribution in [-0.2, 0) is 27.2 Å². The molecule has 0 N–H and O–H groups in total. The summed E-state index contributed by atoms with van der Waals surface area (Å²) in [5, 5.41) is 0. The number of carbonyl (C=O) groups is 3. The fourth-order valence-electron chi connectivity index (χ4n) is 3.91. The Balaban J connectivity index is 1.36. The molecule has 6 heteroatoms. The molecule has 154 valence electrons. The van der Waals surface area contributed by atoms with E-state index in [-0.39, 0.29) is 18.3 Å². The lowest BCUT2D eigenvalue weighted by Gasteiger charge is -2.25. The minimum absolute atomic E-state index is 0.0846. The van der Waals surface area contributed by atoms with Crippen LogP contribution >= 0.6 is 0 Å². The summed E-state index contributed by atoms with van der Waals surface area (Å²) in [6.45, 7) is 2.92. The van der Waals surface area contributed by atoms with Crippen molar-refractivity contribution >= 4 is 29.4 Å². The number of rotatable bonds is 7. The van der Waals surface area contributed by atoms with Gasteiger partial charge >= 0.3 is 5.97 Å². The predicted octanol–water partition coefficient (Wildman–Crippen LogP) is 3.36. The van der Waals surface area contributed by atoms with Crippen molar-refractivity contribution < 1.29 is 23.9 Å². The third kappa shape index (κ3) is 4.13. The van der Waals surface area contributed by atoms with E-state index in [1.807, 2.05) is 42.2 Å². The maximum absolute atomic E-state index is 12.6. The number of hydrogen-bond acceptors (Lipinski definition) is 5. The largest absolute Gasteiger partial charge is 0.494 e. The van der Waals surface area contributed by atoms with E-state index in [1.165, 1.54) is 6.08 Å². The van der Waals surface area contributed by atoms with Crippen molar-refractivity contribution in [2.75, 3.05) is 24.7 Å². The number of ketones is 1. The highest BCUT2D eigenvalue weighted by Crippen LogP contribution is 2.37. The standard InChI is InChI=1S/C24H23NO5/c1-2-29-20-8-5-16(6-9-20)7-10-23(28)30-15-21(26)18-12-17-4-3-11-25-22(27)14-19(13-18)24(17)25/h5-10,12-13H,2-4,11,14-15H2,1H3. The number of benzene rings is 2. The molecule has 0 spiro atoms. The molecule has 0 aromatic heterocycles. The molecule has 0 radical (unpaired) electrons. The van der Waals surface area contributed by atoms with Crippen molar-refractivity contribution in [2.45, 2.75) is 26.2 Å². The summed E-state index contributed by atoms with van der Waals surface area (Å²) < 4.78 is 10.5. The number of carbonyl (C=O) groups excluding carboxylic acids is 3. The van der Waals surface area contributed by atoms with Crippen LogP contribution in [0.15, 0.2) is 42.5 Å². The topological polar surface area (TPSA) is 72.9 Å². The summed E-state index contributed by atoms with van der Waals surface area (Å²) in [5.41, 5.74) is 4.20. The van der Waals surface area contributed by atoms with Gasteiger partial charge in [0, 0.05) is 18.2 Å². The maximum Gasteiger partial charge on any atom is 0.331 e. The van der Waals surface area contributed by atoms with Gasteiger partial charge < -0.3 is 14.4 Å². The molecule has 0 unspecified atom stereocenters. The zero-order valence-electron chi connectivity index (χ0n) is 16.8. The minimum Gasteiger partial charge on any atom is -0.494 e. The number of amides is 1. The summed E-state index contributed by atoms with van der Waals surface area (Å²) in [6.07, 6.45) is 4.99. The van der Waals surface area contributed by atoms with Gasteiger partial charge in [-0.1, -0.05) is 12.1 Å². The number of ether oxygens (including phenoxy) is 2. The number of hydrogen-bond donors (Lipinski definition) is 0. The number of anilines is 1. The lowest BCUT2D eigenvalue weighted by atomic mass is 9.95. The zero-order chi connectivity index (χ0) is 21.1. The highest BCUT2D eigenvalue weighted by atomic mass is 16.5. The summed E-state index contributed by atoms with van der Waals surface area (Å²) in [4.78, 5) is 38.5. The summed E-state index contributed by atoms with van der Waals surface area (Å²) in [6, 6.07) is 10.9. The Morgan fingerprint density at radius 1 is 1.13 bits per heavy atom. The molecular formula is C24H23NO5. The minimum atomic E-state index is -0.582. The quantitative estimate of drug-likeness (QED) is 0.401. The molecule has 2 aliphatic rings. The fourth-order valence-corrected chi connectivity index (χ4v) is 3.91. The average molecular weight is 405 g/mol. The molecule has 1 amide bonds. The van der Waals surface area contributed by atoms with Crippen molar-refractivity contribution in [3.8, 4) is 5.75 Å². The second-order valence-electron chi connectivity index (χ2n) is 7.34. The van der Waals surface area contributed by atoms with Crippen LogP contribution in [0, 0.1) is 0 Å². The third-order valence-corrected chi connectivity index (χ3v) is 5.28. The van der Waals surface area contributed by atoms with Crippen LogP contribution in [-0.4, -0.2) is 37.4 Å². The zero-order valence-corrected chi connectivity index (χ0v) is 16.8. The predicted molar refractivity (Wildman–Crippen MR) is 113 cm³/mol. The van der Waals surface area contributed by atoms with Crippen LogP contribution < -0.4 is 9.64 Å². The van der Waals surface area contributed by atoms with Crippen LogP contribution in [0.25, 0.3) is 6.08 Å². The second-order valence-corrected chi connectivity index (χ2v) is 7.34. The molecule has 0 fully saturated rings. The molecule has 2 heterocycles. The van der Waals surface area contributed by atoms with E-state index in [0.717, 1.165) is 47.5 Å². The van der Waals surface area contributed by atoms with Crippen LogP contribution in [0.3, 0.4) is 0 Å². The maximum atomic E-state index is 12.6. The Morgan fingerprint density at radius 2 is 1.90 bits per heavy atom. The molecule has 2 aromatic rings. The lowest BCUT2D eigenvalue weighted by molar-refractivity contribution is -0.136. The smallest absolute Gasteiger partial charge is 0.331 e. The molecule has 0 aliphatic carbocycles. The Bertz CT molecular complexity index is 1020. The molecule has 2 aromatic carbocycles. The first kappa shape index (κ1) is 19.9. The Hall–Kier alpha value is -3.41. The van der Waals surface area contributed by atoms with Crippen LogP contribution in [0.1, 0.15) is 40.4 Å². The van der Waals surface area contributed by atoms with E-state index < -0.39 is 5.97 Å². The molecule has 30 heavy (non-hydrogen) atoms. The highest BCUT2D eigenvalue weighted by molar-refractivity contribution is 6.05. The van der Waals surface area contributed by atoms with Gasteiger partial charge in [-0.25, -0.2) is 4.79 Å². The molecule has 0 bridgehead atoms. The molecule has 2 aliphatic heterocycles. The van der Waals surface area contributed by atoms with E-state index >= 15 is 0 Å². The molecule has 0 saturated carbocycles. The average Bonchev–Trinajstić information content (AvgIpc) is 3.08. The summed E-state index contributed by atoms with van der Waals surface area (Å²) in [5.74, 6) is -0.00292. The van der Waals surface area contributed by atoms with E-state index in [1.54, 1.807) is 12.1 Å². The van der Waals surface area contributed by atoms with Gasteiger partial charge in [0.25, 0.3) is 0 Å². The van der Waals surface area contributed by atoms with Crippen molar-refractivity contribution in [3.05, 3.63) is 64.7 Å². The monoisotopic (exact) mass is 405 g/mol. The SMILES string of the molecule is CCOc1ccc(C=CC(=O)OCC(=O)c2cc3c4c(c2)CC(=O)N4CCC3)cc1. The normalized spacial score (nSPS) is 14.7. The molecule has 4 rings (SSSR count). The first-order chi connectivity index (χ1) is 14.5. The van der Waals surface area contributed by atoms with Crippen LogP contribution in [0.4, 0.5) is 5.69 Å². The summed E-state index contributed by atoms with van der Waals surface area (Å²) >= 11 is 0. The first-order valence-corrected chi connectivity index (χ1v) is 10.1. The van der Waals surface area contributed by atoms with Gasteiger partial charge in [-0.15, -0.1) is 0 Å². The molecule has 0 saturated heterocycles. The summed E-state index contributed by atoms with van der Waals surface area (Å²) in [7, 11) is 0. The Labute approximate surface area is 175 Å². The van der Waals surface area contributed by atoms with Gasteiger partial charge in [0.05, 0.1) is 18.7 Å². The molecular weight excluding hydrogens is 382 g/mol. The number of Topliss-reactive ketones (excluding diaryl/α,β-unsaturated/α-hetero) is 1. The van der Waals surface area contributed by atoms with Gasteiger partial charge in [0.2, 0.25) is 5.91 Å². The Kier molecular flexibility index (Phi) is 5.65. The van der Waals surface area contributed by atoms with Gasteiger partial charge in [-0.05, 0) is 66.8 Å². The number of nitrogens with zero attached hydrogens (tertiary/aromatic N) is 1. The Morgan fingerprint density at radius 3 is 2.67 bits per heavy atom. The third-order valence-electron chi connectivity index (χ3n) is 5.28. The van der Waals surface area contributed by atoms with Crippen molar-refractivity contribution in [1.29, 1.82) is 0 Å². The van der Waals surface area contributed by atoms with Crippen LogP contribution in [0.2, 0.25) is 0 Å². The fraction of sp³-hybridized carbons (Fsp3) is 0.292. The van der Waals surface area contributed by atoms with Gasteiger partial charge in [-0.3, -0.25) is 9.59 Å². The van der Waals surface area contributed by atoms with Crippen molar-refractivity contribution in [2.24, 2.45) is 0 Å². The van der Waals surface area contributed by atoms with E-state index in [0.29, 0.717) is 18.6 Å². The second kappa shape index (κ2) is 8.53. The highest BCUT2D eigenvalue weighted by Gasteiger charge is 2.32. The number of aryl methyl sites for hydroxylation is 1. The van der Waals surface area contributed by atoms with E-state index in [2.05, 4.69) is 0 Å². The number of esters is 1. The van der Waals surface area contributed by atoms with Crippen molar-refractivity contribution in [3.63, 3.8) is 0 Å². The van der Waals surface area contributed by atoms with E-state index in [9.17, 15) is 14.4 Å². The molecule has 0 atom stereocenters. The van der Waals surface area contributed by atoms with E-state index in [4.69, 9.17) is 9.47 Å². The molecule has 6 nitrogen and oxygen atoms in total. The van der Waals surface area contributed by atoms with Gasteiger partial charge in [-0.2, -0.15) is 0 Å². The first-order valence-electron chi connectivity index (χ1n) is 10.1. The van der Waals surface area contributed by atoms with Gasteiger partial charge in [0.1, 0.15) is 5.75 Å². The lowest BCUT2D eigenvalue weighted by Crippen LogP contribution is -2.31. The van der Waals surface area contributed by atoms with Crippen LogP contribution in [0.5, 0.6) is 5.75 Å². The van der Waals surface area contributed by atoms with Gasteiger partial charge in [0.15, 0.2) is 12.4 Å².